The molecular weight excluding hydrogens is 298 g/mol. The molecule has 2 heterocycles. The molecule has 1 aliphatic rings. The maximum Gasteiger partial charge on any atom is 0.339 e. The fourth-order valence-corrected chi connectivity index (χ4v) is 3.79. The number of oxazole rings is 1. The van der Waals surface area contributed by atoms with Crippen LogP contribution in [-0.2, 0) is 12.8 Å². The van der Waals surface area contributed by atoms with Crippen molar-refractivity contribution in [3.05, 3.63) is 33.7 Å². The van der Waals surface area contributed by atoms with Crippen LogP contribution >= 0.6 is 11.8 Å². The third-order valence-corrected chi connectivity index (χ3v) is 4.90. The minimum absolute atomic E-state index is 0.196. The van der Waals surface area contributed by atoms with E-state index >= 15 is 0 Å². The third-order valence-electron chi connectivity index (χ3n) is 4.05. The summed E-state index contributed by atoms with van der Waals surface area (Å²) in [5.74, 6) is 0. The van der Waals surface area contributed by atoms with Gasteiger partial charge in [0, 0.05) is 22.3 Å². The highest BCUT2D eigenvalue weighted by atomic mass is 32.2. The van der Waals surface area contributed by atoms with E-state index < -0.39 is 0 Å². The highest BCUT2D eigenvalue weighted by molar-refractivity contribution is 7.99. The largest absolute Gasteiger partial charge is 0.431 e. The summed E-state index contributed by atoms with van der Waals surface area (Å²) in [5, 5.41) is 2.08. The zero-order valence-electron chi connectivity index (χ0n) is 12.6. The van der Waals surface area contributed by atoms with Crippen LogP contribution < -0.4 is 5.63 Å². The van der Waals surface area contributed by atoms with E-state index in [2.05, 4.69) is 18.8 Å². The van der Waals surface area contributed by atoms with E-state index in [1.165, 1.54) is 0 Å². The third kappa shape index (κ3) is 2.24. The number of nitrogens with zero attached hydrogens (tertiary/aromatic N) is 1. The normalized spacial score (nSPS) is 14.9. The Hall–Kier alpha value is -1.75. The van der Waals surface area contributed by atoms with E-state index in [0.717, 1.165) is 47.7 Å². The molecule has 3 aromatic rings. The maximum atomic E-state index is 12.1. The van der Waals surface area contributed by atoms with Gasteiger partial charge in [-0.3, -0.25) is 0 Å². The van der Waals surface area contributed by atoms with E-state index in [-0.39, 0.29) is 5.63 Å². The zero-order chi connectivity index (χ0) is 15.3. The summed E-state index contributed by atoms with van der Waals surface area (Å²) >= 11 is 1.59. The monoisotopic (exact) mass is 315 g/mol. The fourth-order valence-electron chi connectivity index (χ4n) is 3.10. The number of hydrogen-bond donors (Lipinski definition) is 0. The van der Waals surface area contributed by atoms with Crippen LogP contribution in [0, 0.1) is 0 Å². The Morgan fingerprint density at radius 2 is 1.86 bits per heavy atom. The molecule has 22 heavy (non-hydrogen) atoms. The standard InChI is InChI=1S/C17H17NO3S/c1-9(2)22-17-18-13-7-12-10-5-3-4-6-11(10)16(19)20-14(12)8-15(13)21-17/h7-9H,3-6H2,1-2H3. The molecule has 0 amide bonds. The molecule has 0 saturated heterocycles. The highest BCUT2D eigenvalue weighted by Gasteiger charge is 2.19. The van der Waals surface area contributed by atoms with Crippen LogP contribution in [0.3, 0.4) is 0 Å². The van der Waals surface area contributed by atoms with Gasteiger partial charge in [0.2, 0.25) is 0 Å². The van der Waals surface area contributed by atoms with Gasteiger partial charge in [-0.1, -0.05) is 25.6 Å². The molecule has 0 fully saturated rings. The summed E-state index contributed by atoms with van der Waals surface area (Å²) in [7, 11) is 0. The van der Waals surface area contributed by atoms with Crippen LogP contribution in [0.15, 0.2) is 31.0 Å². The molecule has 2 aromatic heterocycles. The first-order chi connectivity index (χ1) is 10.6. The molecule has 4 rings (SSSR count). The van der Waals surface area contributed by atoms with Crippen molar-refractivity contribution >= 4 is 33.8 Å². The number of aryl methyl sites for hydroxylation is 1. The molecule has 1 aromatic carbocycles. The molecule has 0 bridgehead atoms. The molecule has 0 N–H and O–H groups in total. The van der Waals surface area contributed by atoms with E-state index in [4.69, 9.17) is 8.83 Å². The van der Waals surface area contributed by atoms with Crippen LogP contribution in [0.2, 0.25) is 0 Å². The predicted molar refractivity (Wildman–Crippen MR) is 87.7 cm³/mol. The van der Waals surface area contributed by atoms with Gasteiger partial charge in [-0.15, -0.1) is 0 Å². The minimum atomic E-state index is -0.196. The maximum absolute atomic E-state index is 12.1. The second kappa shape index (κ2) is 5.16. The van der Waals surface area contributed by atoms with Gasteiger partial charge in [-0.25, -0.2) is 9.78 Å². The number of benzene rings is 1. The Morgan fingerprint density at radius 1 is 1.09 bits per heavy atom. The van der Waals surface area contributed by atoms with Crippen LogP contribution in [0.4, 0.5) is 0 Å². The topological polar surface area (TPSA) is 56.2 Å². The first-order valence-corrected chi connectivity index (χ1v) is 8.55. The van der Waals surface area contributed by atoms with Gasteiger partial charge in [0.25, 0.3) is 5.22 Å². The molecular formula is C17H17NO3S. The van der Waals surface area contributed by atoms with Crippen LogP contribution in [0.5, 0.6) is 0 Å². The summed E-state index contributed by atoms with van der Waals surface area (Å²) in [6.45, 7) is 4.21. The lowest BCUT2D eigenvalue weighted by Crippen LogP contribution is -2.15. The molecule has 0 radical (unpaired) electrons. The van der Waals surface area contributed by atoms with Crippen LogP contribution in [0.1, 0.15) is 37.8 Å². The first kappa shape index (κ1) is 13.9. The van der Waals surface area contributed by atoms with Crippen molar-refractivity contribution < 1.29 is 8.83 Å². The van der Waals surface area contributed by atoms with Gasteiger partial charge in [-0.05, 0) is 37.3 Å². The van der Waals surface area contributed by atoms with Crippen LogP contribution in [0.25, 0.3) is 22.1 Å². The van der Waals surface area contributed by atoms with Crippen molar-refractivity contribution in [2.45, 2.75) is 50.0 Å². The Kier molecular flexibility index (Phi) is 3.26. The van der Waals surface area contributed by atoms with E-state index in [1.54, 1.807) is 17.8 Å². The van der Waals surface area contributed by atoms with Crippen LogP contribution in [-0.4, -0.2) is 10.2 Å². The molecule has 0 unspecified atom stereocenters. The van der Waals surface area contributed by atoms with E-state index in [9.17, 15) is 4.79 Å². The molecule has 0 aliphatic heterocycles. The number of hydrogen-bond acceptors (Lipinski definition) is 5. The smallest absolute Gasteiger partial charge is 0.339 e. The lowest BCUT2D eigenvalue weighted by molar-refractivity contribution is 0.487. The van der Waals surface area contributed by atoms with Gasteiger partial charge >= 0.3 is 5.63 Å². The number of rotatable bonds is 2. The molecule has 5 heteroatoms. The summed E-state index contributed by atoms with van der Waals surface area (Å²) in [4.78, 5) is 16.7. The number of fused-ring (bicyclic) bond motifs is 4. The fraction of sp³-hybridized carbons (Fsp3) is 0.412. The highest BCUT2D eigenvalue weighted by Crippen LogP contribution is 2.32. The lowest BCUT2D eigenvalue weighted by Gasteiger charge is -2.15. The van der Waals surface area contributed by atoms with Crippen molar-refractivity contribution in [3.63, 3.8) is 0 Å². The van der Waals surface area contributed by atoms with Gasteiger partial charge in [0.05, 0.1) is 0 Å². The van der Waals surface area contributed by atoms with Gasteiger partial charge < -0.3 is 8.83 Å². The van der Waals surface area contributed by atoms with Gasteiger partial charge in [-0.2, -0.15) is 0 Å². The molecule has 1 aliphatic carbocycles. The molecule has 0 atom stereocenters. The Balaban J connectivity index is 1.97. The summed E-state index contributed by atoms with van der Waals surface area (Å²) in [6, 6.07) is 3.81. The van der Waals surface area contributed by atoms with Gasteiger partial charge in [0.15, 0.2) is 5.58 Å². The summed E-state index contributed by atoms with van der Waals surface area (Å²) in [5.41, 5.74) is 3.90. The second-order valence-corrected chi connectivity index (χ2v) is 7.54. The summed E-state index contributed by atoms with van der Waals surface area (Å²) < 4.78 is 11.3. The average Bonchev–Trinajstić information content (AvgIpc) is 2.86. The van der Waals surface area contributed by atoms with Crippen molar-refractivity contribution in [1.82, 2.24) is 4.98 Å². The molecule has 4 nitrogen and oxygen atoms in total. The lowest BCUT2D eigenvalue weighted by atomic mass is 9.90. The molecule has 0 saturated carbocycles. The van der Waals surface area contributed by atoms with Crippen molar-refractivity contribution in [3.8, 4) is 0 Å². The SMILES string of the molecule is CC(C)Sc1nc2cc3c4c(c(=O)oc3cc2o1)CCCC4. The number of aromatic nitrogens is 1. The second-order valence-electron chi connectivity index (χ2n) is 6.02. The van der Waals surface area contributed by atoms with E-state index in [1.807, 2.05) is 6.07 Å². The molecule has 0 spiro atoms. The Bertz CT molecular complexity index is 923. The Labute approximate surface area is 131 Å². The minimum Gasteiger partial charge on any atom is -0.431 e. The first-order valence-electron chi connectivity index (χ1n) is 7.67. The van der Waals surface area contributed by atoms with Crippen molar-refractivity contribution in [1.29, 1.82) is 0 Å². The van der Waals surface area contributed by atoms with Gasteiger partial charge in [0.1, 0.15) is 11.1 Å². The molecule has 114 valence electrons. The summed E-state index contributed by atoms with van der Waals surface area (Å²) in [6.07, 6.45) is 3.94. The average molecular weight is 315 g/mol. The van der Waals surface area contributed by atoms with Crippen molar-refractivity contribution in [2.24, 2.45) is 0 Å². The zero-order valence-corrected chi connectivity index (χ0v) is 13.5. The quantitative estimate of drug-likeness (QED) is 0.521. The van der Waals surface area contributed by atoms with Crippen molar-refractivity contribution in [2.75, 3.05) is 0 Å². The predicted octanol–water partition coefficient (Wildman–Crippen LogP) is 4.31. The van der Waals surface area contributed by atoms with E-state index in [0.29, 0.717) is 21.6 Å². The Morgan fingerprint density at radius 3 is 2.64 bits per heavy atom. The number of thioether (sulfide) groups is 1.